The summed E-state index contributed by atoms with van der Waals surface area (Å²) >= 11 is 0. The quantitative estimate of drug-likeness (QED) is 0.808. The van der Waals surface area contributed by atoms with Crippen molar-refractivity contribution in [1.82, 2.24) is 4.98 Å². The summed E-state index contributed by atoms with van der Waals surface area (Å²) in [5, 5.41) is 6.82. The van der Waals surface area contributed by atoms with Crippen LogP contribution in [-0.4, -0.2) is 18.1 Å². The van der Waals surface area contributed by atoms with Gasteiger partial charge in [-0.05, 0) is 43.2 Å². The molecule has 2 N–H and O–H groups in total. The van der Waals surface area contributed by atoms with Gasteiger partial charge in [-0.15, -0.1) is 0 Å². The maximum atomic E-state index is 4.59. The first-order valence-corrected chi connectivity index (χ1v) is 7.72. The molecule has 0 amide bonds. The van der Waals surface area contributed by atoms with Crippen LogP contribution in [0, 0.1) is 11.8 Å². The minimum Gasteiger partial charge on any atom is -0.370 e. The Labute approximate surface area is 117 Å². The largest absolute Gasteiger partial charge is 0.370 e. The van der Waals surface area contributed by atoms with Crippen molar-refractivity contribution in [2.75, 3.05) is 23.7 Å². The predicted octanol–water partition coefficient (Wildman–Crippen LogP) is 4.14. The van der Waals surface area contributed by atoms with Crippen molar-refractivity contribution in [2.45, 2.75) is 46.0 Å². The molecular formula is C16H27N3. The van der Waals surface area contributed by atoms with Gasteiger partial charge in [-0.1, -0.05) is 32.8 Å². The molecule has 0 radical (unpaired) electrons. The van der Waals surface area contributed by atoms with Crippen molar-refractivity contribution in [2.24, 2.45) is 11.8 Å². The summed E-state index contributed by atoms with van der Waals surface area (Å²) in [6.07, 6.45) is 6.62. The van der Waals surface area contributed by atoms with Gasteiger partial charge in [-0.25, -0.2) is 4.98 Å². The Morgan fingerprint density at radius 1 is 1.11 bits per heavy atom. The van der Waals surface area contributed by atoms with Crippen molar-refractivity contribution >= 4 is 11.6 Å². The molecule has 1 aromatic rings. The molecule has 3 nitrogen and oxygen atoms in total. The van der Waals surface area contributed by atoms with Gasteiger partial charge in [0, 0.05) is 13.1 Å². The van der Waals surface area contributed by atoms with Crippen LogP contribution in [0.3, 0.4) is 0 Å². The molecule has 106 valence electrons. The van der Waals surface area contributed by atoms with Crippen molar-refractivity contribution in [1.29, 1.82) is 0 Å². The minimum atomic E-state index is 0.824. The van der Waals surface area contributed by atoms with Crippen LogP contribution in [0.2, 0.25) is 0 Å². The zero-order chi connectivity index (χ0) is 13.5. The molecule has 3 heteroatoms. The van der Waals surface area contributed by atoms with Crippen molar-refractivity contribution in [3.8, 4) is 0 Å². The van der Waals surface area contributed by atoms with Gasteiger partial charge < -0.3 is 10.6 Å². The van der Waals surface area contributed by atoms with Crippen molar-refractivity contribution in [3.05, 3.63) is 18.2 Å². The molecule has 1 aliphatic rings. The Bertz CT molecular complexity index is 370. The Morgan fingerprint density at radius 2 is 1.79 bits per heavy atom. The van der Waals surface area contributed by atoms with Crippen LogP contribution in [0.15, 0.2) is 18.2 Å². The number of anilines is 2. The van der Waals surface area contributed by atoms with Crippen LogP contribution in [0.25, 0.3) is 0 Å². The summed E-state index contributed by atoms with van der Waals surface area (Å²) in [6.45, 7) is 6.58. The van der Waals surface area contributed by atoms with E-state index >= 15 is 0 Å². The van der Waals surface area contributed by atoms with Gasteiger partial charge in [0.05, 0.1) is 0 Å². The zero-order valence-corrected chi connectivity index (χ0v) is 12.3. The topological polar surface area (TPSA) is 37.0 Å². The van der Waals surface area contributed by atoms with E-state index in [2.05, 4.69) is 41.6 Å². The SMILES string of the molecule is CCCNc1cccc(NCC2CCC(C)CC2)n1. The number of hydrogen-bond donors (Lipinski definition) is 2. The van der Waals surface area contributed by atoms with E-state index in [9.17, 15) is 0 Å². The van der Waals surface area contributed by atoms with E-state index in [1.165, 1.54) is 25.7 Å². The number of nitrogens with one attached hydrogen (secondary N) is 2. The highest BCUT2D eigenvalue weighted by molar-refractivity contribution is 5.45. The normalized spacial score (nSPS) is 23.1. The fourth-order valence-electron chi connectivity index (χ4n) is 2.67. The number of hydrogen-bond acceptors (Lipinski definition) is 3. The molecule has 1 aromatic heterocycles. The van der Waals surface area contributed by atoms with Crippen LogP contribution in [0.4, 0.5) is 11.6 Å². The van der Waals surface area contributed by atoms with Crippen LogP contribution >= 0.6 is 0 Å². The average molecular weight is 261 g/mol. The second-order valence-electron chi connectivity index (χ2n) is 5.84. The van der Waals surface area contributed by atoms with Gasteiger partial charge in [0.25, 0.3) is 0 Å². The van der Waals surface area contributed by atoms with E-state index in [4.69, 9.17) is 0 Å². The third-order valence-corrected chi connectivity index (χ3v) is 4.01. The lowest BCUT2D eigenvalue weighted by molar-refractivity contribution is 0.300. The molecule has 1 saturated carbocycles. The monoisotopic (exact) mass is 261 g/mol. The maximum absolute atomic E-state index is 4.59. The van der Waals surface area contributed by atoms with Crippen LogP contribution < -0.4 is 10.6 Å². The standard InChI is InChI=1S/C16H27N3/c1-3-11-17-15-5-4-6-16(19-15)18-12-14-9-7-13(2)8-10-14/h4-6,13-14H,3,7-12H2,1-2H3,(H2,17,18,19). The second kappa shape index (κ2) is 7.37. The molecular weight excluding hydrogens is 234 g/mol. The molecule has 0 aliphatic heterocycles. The van der Waals surface area contributed by atoms with Crippen LogP contribution in [0.5, 0.6) is 0 Å². The van der Waals surface area contributed by atoms with E-state index in [0.717, 1.165) is 43.0 Å². The van der Waals surface area contributed by atoms with Crippen LogP contribution in [-0.2, 0) is 0 Å². The van der Waals surface area contributed by atoms with E-state index in [1.807, 2.05) is 6.07 Å². The fraction of sp³-hybridized carbons (Fsp3) is 0.688. The van der Waals surface area contributed by atoms with Gasteiger partial charge in [0.1, 0.15) is 11.6 Å². The zero-order valence-electron chi connectivity index (χ0n) is 12.3. The fourth-order valence-corrected chi connectivity index (χ4v) is 2.67. The maximum Gasteiger partial charge on any atom is 0.128 e. The first-order valence-electron chi connectivity index (χ1n) is 7.72. The van der Waals surface area contributed by atoms with E-state index in [0.29, 0.717) is 0 Å². The summed E-state index contributed by atoms with van der Waals surface area (Å²) in [6, 6.07) is 6.15. The van der Waals surface area contributed by atoms with Gasteiger partial charge in [0.2, 0.25) is 0 Å². The van der Waals surface area contributed by atoms with Gasteiger partial charge in [-0.3, -0.25) is 0 Å². The molecule has 1 fully saturated rings. The highest BCUT2D eigenvalue weighted by atomic mass is 15.1. The third kappa shape index (κ3) is 4.73. The number of nitrogens with zero attached hydrogens (tertiary/aromatic N) is 1. The molecule has 0 atom stereocenters. The van der Waals surface area contributed by atoms with Gasteiger partial charge >= 0.3 is 0 Å². The molecule has 19 heavy (non-hydrogen) atoms. The number of rotatable bonds is 6. The predicted molar refractivity (Wildman–Crippen MR) is 82.6 cm³/mol. The summed E-state index contributed by atoms with van der Waals surface area (Å²) in [5.74, 6) is 3.73. The first-order chi connectivity index (χ1) is 9.28. The van der Waals surface area contributed by atoms with Crippen molar-refractivity contribution < 1.29 is 0 Å². The summed E-state index contributed by atoms with van der Waals surface area (Å²) in [7, 11) is 0. The lowest BCUT2D eigenvalue weighted by Gasteiger charge is -2.26. The highest BCUT2D eigenvalue weighted by Crippen LogP contribution is 2.28. The first kappa shape index (κ1) is 14.2. The molecule has 0 saturated heterocycles. The van der Waals surface area contributed by atoms with E-state index in [-0.39, 0.29) is 0 Å². The molecule has 1 heterocycles. The molecule has 0 unspecified atom stereocenters. The number of pyridine rings is 1. The summed E-state index contributed by atoms with van der Waals surface area (Å²) < 4.78 is 0. The van der Waals surface area contributed by atoms with Crippen molar-refractivity contribution in [3.63, 3.8) is 0 Å². The molecule has 0 aromatic carbocycles. The van der Waals surface area contributed by atoms with E-state index < -0.39 is 0 Å². The second-order valence-corrected chi connectivity index (χ2v) is 5.84. The van der Waals surface area contributed by atoms with Gasteiger partial charge in [-0.2, -0.15) is 0 Å². The average Bonchev–Trinajstić information content (AvgIpc) is 2.45. The minimum absolute atomic E-state index is 0.824. The Kier molecular flexibility index (Phi) is 5.49. The molecule has 0 spiro atoms. The van der Waals surface area contributed by atoms with Gasteiger partial charge in [0.15, 0.2) is 0 Å². The smallest absolute Gasteiger partial charge is 0.128 e. The summed E-state index contributed by atoms with van der Waals surface area (Å²) in [4.78, 5) is 4.59. The molecule has 2 rings (SSSR count). The van der Waals surface area contributed by atoms with Crippen LogP contribution in [0.1, 0.15) is 46.0 Å². The lowest BCUT2D eigenvalue weighted by atomic mass is 9.83. The Balaban J connectivity index is 1.78. The highest BCUT2D eigenvalue weighted by Gasteiger charge is 2.17. The molecule has 1 aliphatic carbocycles. The molecule has 0 bridgehead atoms. The Morgan fingerprint density at radius 3 is 2.47 bits per heavy atom. The summed E-state index contributed by atoms with van der Waals surface area (Å²) in [5.41, 5.74) is 0. The third-order valence-electron chi connectivity index (χ3n) is 4.01. The number of aromatic nitrogens is 1. The lowest BCUT2D eigenvalue weighted by Crippen LogP contribution is -2.20. The Hall–Kier alpha value is -1.25. The van der Waals surface area contributed by atoms with E-state index in [1.54, 1.807) is 0 Å².